The van der Waals surface area contributed by atoms with Gasteiger partial charge < -0.3 is 10.5 Å². The second-order valence-electron chi connectivity index (χ2n) is 3.50. The topological polar surface area (TPSA) is 53.1 Å². The number of hydrogen-bond acceptors (Lipinski definition) is 4. The van der Waals surface area contributed by atoms with E-state index in [-0.39, 0.29) is 0 Å². The smallest absolute Gasteiger partial charge is 0.145 e. The summed E-state index contributed by atoms with van der Waals surface area (Å²) < 4.78 is 7.13. The standard InChI is InChI=1S/C12H15N3OS/c1-16-10-4-2-3-5-11(10)17-9-8-15-7-6-12(13)14-15/h2-7H,8-9H2,1H3,(H2,13,14). The average molecular weight is 249 g/mol. The normalized spacial score (nSPS) is 10.4. The fraction of sp³-hybridized carbons (Fsp3) is 0.250. The Kier molecular flexibility index (Phi) is 3.93. The minimum Gasteiger partial charge on any atom is -0.496 e. The molecule has 0 saturated heterocycles. The summed E-state index contributed by atoms with van der Waals surface area (Å²) in [5, 5.41) is 4.13. The van der Waals surface area contributed by atoms with Gasteiger partial charge in [0.1, 0.15) is 11.6 Å². The summed E-state index contributed by atoms with van der Waals surface area (Å²) >= 11 is 1.75. The van der Waals surface area contributed by atoms with E-state index < -0.39 is 0 Å². The molecule has 90 valence electrons. The summed E-state index contributed by atoms with van der Waals surface area (Å²) in [5.41, 5.74) is 5.55. The van der Waals surface area contributed by atoms with E-state index in [0.29, 0.717) is 5.82 Å². The molecule has 17 heavy (non-hydrogen) atoms. The quantitative estimate of drug-likeness (QED) is 0.826. The first-order valence-corrected chi connectivity index (χ1v) is 6.33. The van der Waals surface area contributed by atoms with E-state index in [1.807, 2.05) is 29.1 Å². The van der Waals surface area contributed by atoms with Crippen LogP contribution in [0.5, 0.6) is 5.75 Å². The van der Waals surface area contributed by atoms with Crippen LogP contribution in [0.3, 0.4) is 0 Å². The van der Waals surface area contributed by atoms with Gasteiger partial charge in [-0.2, -0.15) is 5.10 Å². The molecule has 0 bridgehead atoms. The molecule has 0 fully saturated rings. The number of thioether (sulfide) groups is 1. The molecule has 2 rings (SSSR count). The van der Waals surface area contributed by atoms with E-state index in [1.165, 1.54) is 0 Å². The molecular weight excluding hydrogens is 234 g/mol. The number of nitrogens with two attached hydrogens (primary N) is 1. The fourth-order valence-electron chi connectivity index (χ4n) is 1.49. The minimum atomic E-state index is 0.562. The zero-order valence-corrected chi connectivity index (χ0v) is 10.5. The van der Waals surface area contributed by atoms with E-state index in [4.69, 9.17) is 10.5 Å². The lowest BCUT2D eigenvalue weighted by Crippen LogP contribution is -2.01. The number of ether oxygens (including phenoxy) is 1. The van der Waals surface area contributed by atoms with Crippen LogP contribution < -0.4 is 10.5 Å². The van der Waals surface area contributed by atoms with Gasteiger partial charge in [-0.15, -0.1) is 11.8 Å². The third kappa shape index (κ3) is 3.17. The lowest BCUT2D eigenvalue weighted by molar-refractivity contribution is 0.405. The maximum absolute atomic E-state index is 5.55. The molecule has 0 aliphatic carbocycles. The van der Waals surface area contributed by atoms with Gasteiger partial charge in [0.2, 0.25) is 0 Å². The highest BCUT2D eigenvalue weighted by Gasteiger charge is 2.02. The van der Waals surface area contributed by atoms with Crippen molar-refractivity contribution < 1.29 is 4.74 Å². The molecule has 1 aromatic heterocycles. The van der Waals surface area contributed by atoms with Crippen molar-refractivity contribution in [2.45, 2.75) is 11.4 Å². The van der Waals surface area contributed by atoms with Crippen LogP contribution in [0.25, 0.3) is 0 Å². The Morgan fingerprint density at radius 3 is 2.88 bits per heavy atom. The molecule has 0 unspecified atom stereocenters. The summed E-state index contributed by atoms with van der Waals surface area (Å²) in [6, 6.07) is 9.80. The summed E-state index contributed by atoms with van der Waals surface area (Å²) in [7, 11) is 1.69. The van der Waals surface area contributed by atoms with Crippen molar-refractivity contribution in [3.8, 4) is 5.75 Å². The van der Waals surface area contributed by atoms with E-state index >= 15 is 0 Å². The maximum Gasteiger partial charge on any atom is 0.145 e. The monoisotopic (exact) mass is 249 g/mol. The number of nitrogen functional groups attached to an aromatic ring is 1. The molecule has 2 N–H and O–H groups in total. The molecule has 0 aliphatic heterocycles. The first-order chi connectivity index (χ1) is 8.29. The second kappa shape index (κ2) is 5.63. The van der Waals surface area contributed by atoms with Crippen molar-refractivity contribution in [2.75, 3.05) is 18.6 Å². The predicted octanol–water partition coefficient (Wildman–Crippen LogP) is 2.27. The van der Waals surface area contributed by atoms with Gasteiger partial charge in [-0.05, 0) is 18.2 Å². The average Bonchev–Trinajstić information content (AvgIpc) is 2.76. The lowest BCUT2D eigenvalue weighted by atomic mass is 10.3. The van der Waals surface area contributed by atoms with E-state index in [9.17, 15) is 0 Å². The van der Waals surface area contributed by atoms with Crippen LogP contribution in [0.2, 0.25) is 0 Å². The molecule has 0 spiro atoms. The maximum atomic E-state index is 5.55. The van der Waals surface area contributed by atoms with E-state index in [0.717, 1.165) is 22.9 Å². The van der Waals surface area contributed by atoms with Gasteiger partial charge in [-0.3, -0.25) is 4.68 Å². The van der Waals surface area contributed by atoms with Gasteiger partial charge in [0.25, 0.3) is 0 Å². The zero-order chi connectivity index (χ0) is 12.1. The first kappa shape index (κ1) is 11.9. The minimum absolute atomic E-state index is 0.562. The molecule has 1 aromatic carbocycles. The highest BCUT2D eigenvalue weighted by atomic mass is 32.2. The third-order valence-corrected chi connectivity index (χ3v) is 3.34. The van der Waals surface area contributed by atoms with Crippen LogP contribution in [-0.4, -0.2) is 22.6 Å². The van der Waals surface area contributed by atoms with Crippen LogP contribution in [0, 0.1) is 0 Å². The fourth-order valence-corrected chi connectivity index (χ4v) is 2.46. The zero-order valence-electron chi connectivity index (χ0n) is 9.67. The van der Waals surface area contributed by atoms with Crippen LogP contribution >= 0.6 is 11.8 Å². The predicted molar refractivity (Wildman–Crippen MR) is 70.4 cm³/mol. The van der Waals surface area contributed by atoms with E-state index in [1.54, 1.807) is 24.9 Å². The van der Waals surface area contributed by atoms with Crippen molar-refractivity contribution >= 4 is 17.6 Å². The Balaban J connectivity index is 1.89. The largest absolute Gasteiger partial charge is 0.496 e. The van der Waals surface area contributed by atoms with Gasteiger partial charge in [-0.25, -0.2) is 0 Å². The van der Waals surface area contributed by atoms with Gasteiger partial charge >= 0.3 is 0 Å². The molecular formula is C12H15N3OS. The number of benzene rings is 1. The Hall–Kier alpha value is -1.62. The highest BCUT2D eigenvalue weighted by molar-refractivity contribution is 7.99. The third-order valence-electron chi connectivity index (χ3n) is 2.31. The number of anilines is 1. The Morgan fingerprint density at radius 2 is 2.18 bits per heavy atom. The SMILES string of the molecule is COc1ccccc1SCCn1ccc(N)n1. The van der Waals surface area contributed by atoms with Crippen LogP contribution in [0.15, 0.2) is 41.4 Å². The first-order valence-electron chi connectivity index (χ1n) is 5.34. The molecule has 5 heteroatoms. The van der Waals surface area contributed by atoms with Gasteiger partial charge in [0.05, 0.1) is 13.7 Å². The summed E-state index contributed by atoms with van der Waals surface area (Å²) in [6.07, 6.45) is 1.89. The number of methoxy groups -OCH3 is 1. The van der Waals surface area contributed by atoms with Gasteiger partial charge in [-0.1, -0.05) is 12.1 Å². The Morgan fingerprint density at radius 1 is 1.35 bits per heavy atom. The Bertz CT molecular complexity index is 484. The second-order valence-corrected chi connectivity index (χ2v) is 4.64. The van der Waals surface area contributed by atoms with Gasteiger partial charge in [0.15, 0.2) is 0 Å². The van der Waals surface area contributed by atoms with Crippen molar-refractivity contribution in [2.24, 2.45) is 0 Å². The highest BCUT2D eigenvalue weighted by Crippen LogP contribution is 2.28. The van der Waals surface area contributed by atoms with Crippen LogP contribution in [0.1, 0.15) is 0 Å². The molecule has 0 atom stereocenters. The molecule has 4 nitrogen and oxygen atoms in total. The van der Waals surface area contributed by atoms with Gasteiger partial charge in [0, 0.05) is 16.8 Å². The Labute approximate surface area is 105 Å². The number of nitrogens with zero attached hydrogens (tertiary/aromatic N) is 2. The van der Waals surface area contributed by atoms with Crippen molar-refractivity contribution in [1.82, 2.24) is 9.78 Å². The van der Waals surface area contributed by atoms with Crippen LogP contribution in [-0.2, 0) is 6.54 Å². The molecule has 2 aromatic rings. The molecule has 0 amide bonds. The van der Waals surface area contributed by atoms with Crippen molar-refractivity contribution in [3.05, 3.63) is 36.5 Å². The number of para-hydroxylation sites is 1. The summed E-state index contributed by atoms with van der Waals surface area (Å²) in [4.78, 5) is 1.15. The van der Waals surface area contributed by atoms with Crippen molar-refractivity contribution in [3.63, 3.8) is 0 Å². The summed E-state index contributed by atoms with van der Waals surface area (Å²) in [6.45, 7) is 0.833. The van der Waals surface area contributed by atoms with Crippen molar-refractivity contribution in [1.29, 1.82) is 0 Å². The van der Waals surface area contributed by atoms with Crippen LogP contribution in [0.4, 0.5) is 5.82 Å². The molecule has 0 saturated carbocycles. The molecule has 0 aliphatic rings. The number of rotatable bonds is 5. The number of aromatic nitrogens is 2. The number of hydrogen-bond donors (Lipinski definition) is 1. The molecule has 1 heterocycles. The lowest BCUT2D eigenvalue weighted by Gasteiger charge is -2.07. The molecule has 0 radical (unpaired) electrons. The van der Waals surface area contributed by atoms with E-state index in [2.05, 4.69) is 11.2 Å². The number of aryl methyl sites for hydroxylation is 1. The summed E-state index contributed by atoms with van der Waals surface area (Å²) in [5.74, 6) is 2.41.